The molecule has 0 aliphatic carbocycles. The Hall–Kier alpha value is -0.910. The quantitative estimate of drug-likeness (QED) is 0.770. The lowest BCUT2D eigenvalue weighted by molar-refractivity contribution is 0.226. The van der Waals surface area contributed by atoms with Gasteiger partial charge in [-0.3, -0.25) is 4.21 Å². The summed E-state index contributed by atoms with van der Waals surface area (Å²) >= 11 is 0. The molecule has 0 bridgehead atoms. The van der Waals surface area contributed by atoms with E-state index < -0.39 is 10.8 Å². The molecule has 3 unspecified atom stereocenters. The van der Waals surface area contributed by atoms with Gasteiger partial charge in [0.05, 0.1) is 22.7 Å². The Morgan fingerprint density at radius 3 is 2.60 bits per heavy atom. The standard InChI is InChI=1S/C20H32N2O2S/c1-15(2)8-9-22-13-17(10-16(22)3)14-24-18-4-6-19(7-5-18)25(23)20-11-21-12-20/h4-7,15-17,20-21H,8-14H2,1-3H3. The van der Waals surface area contributed by atoms with Crippen LogP contribution in [-0.4, -0.2) is 53.2 Å². The molecule has 3 rings (SSSR count). The van der Waals surface area contributed by atoms with Gasteiger partial charge in [-0.2, -0.15) is 0 Å². The van der Waals surface area contributed by atoms with Crippen molar-refractivity contribution in [1.29, 1.82) is 0 Å². The molecule has 2 saturated heterocycles. The highest BCUT2D eigenvalue weighted by Crippen LogP contribution is 2.25. The van der Waals surface area contributed by atoms with Gasteiger partial charge in [0.1, 0.15) is 5.75 Å². The first-order chi connectivity index (χ1) is 12.0. The number of likely N-dealkylation sites (tertiary alicyclic amines) is 1. The largest absolute Gasteiger partial charge is 0.493 e. The van der Waals surface area contributed by atoms with E-state index in [4.69, 9.17) is 4.74 Å². The number of hydrogen-bond donors (Lipinski definition) is 1. The Morgan fingerprint density at radius 1 is 1.28 bits per heavy atom. The average Bonchev–Trinajstić information content (AvgIpc) is 2.90. The zero-order valence-electron chi connectivity index (χ0n) is 15.7. The van der Waals surface area contributed by atoms with E-state index in [2.05, 4.69) is 31.0 Å². The molecule has 2 aliphatic rings. The van der Waals surface area contributed by atoms with Crippen LogP contribution in [0, 0.1) is 11.8 Å². The second-order valence-corrected chi connectivity index (χ2v) is 9.72. The summed E-state index contributed by atoms with van der Waals surface area (Å²) in [5.74, 6) is 2.26. The highest BCUT2D eigenvalue weighted by atomic mass is 32.2. The normalized spacial score (nSPS) is 25.9. The van der Waals surface area contributed by atoms with Crippen LogP contribution >= 0.6 is 0 Å². The fraction of sp³-hybridized carbons (Fsp3) is 0.700. The Labute approximate surface area is 154 Å². The first kappa shape index (κ1) is 18.9. The molecule has 0 spiro atoms. The number of nitrogens with one attached hydrogen (secondary N) is 1. The van der Waals surface area contributed by atoms with Crippen molar-refractivity contribution in [3.63, 3.8) is 0 Å². The Morgan fingerprint density at radius 2 is 2.00 bits per heavy atom. The van der Waals surface area contributed by atoms with E-state index in [1.165, 1.54) is 19.4 Å². The molecular formula is C20H32N2O2S. The van der Waals surface area contributed by atoms with Crippen LogP contribution in [0.4, 0.5) is 0 Å². The number of nitrogens with zero attached hydrogens (tertiary/aromatic N) is 1. The third kappa shape index (κ3) is 5.05. The van der Waals surface area contributed by atoms with Gasteiger partial charge in [0.15, 0.2) is 0 Å². The summed E-state index contributed by atoms with van der Waals surface area (Å²) < 4.78 is 18.3. The van der Waals surface area contributed by atoms with Crippen LogP contribution in [-0.2, 0) is 10.8 Å². The van der Waals surface area contributed by atoms with Gasteiger partial charge in [0.25, 0.3) is 0 Å². The topological polar surface area (TPSA) is 41.6 Å². The first-order valence-corrected chi connectivity index (χ1v) is 10.8. The zero-order valence-corrected chi connectivity index (χ0v) is 16.6. The molecule has 2 fully saturated rings. The Kier molecular flexibility index (Phi) is 6.53. The molecule has 2 aliphatic heterocycles. The lowest BCUT2D eigenvalue weighted by Gasteiger charge is -2.26. The number of hydrogen-bond acceptors (Lipinski definition) is 4. The van der Waals surface area contributed by atoms with Crippen molar-refractivity contribution in [3.05, 3.63) is 24.3 Å². The van der Waals surface area contributed by atoms with Crippen LogP contribution < -0.4 is 10.1 Å². The summed E-state index contributed by atoms with van der Waals surface area (Å²) in [5, 5.41) is 3.44. The van der Waals surface area contributed by atoms with Gasteiger partial charge in [0, 0.05) is 36.5 Å². The summed E-state index contributed by atoms with van der Waals surface area (Å²) in [5.41, 5.74) is 0. The lowest BCUT2D eigenvalue weighted by atomic mass is 10.1. The van der Waals surface area contributed by atoms with Crippen molar-refractivity contribution < 1.29 is 8.95 Å². The van der Waals surface area contributed by atoms with Crippen LogP contribution in [0.5, 0.6) is 5.75 Å². The van der Waals surface area contributed by atoms with E-state index in [1.807, 2.05) is 24.3 Å². The summed E-state index contributed by atoms with van der Waals surface area (Å²) in [6.45, 7) is 11.8. The molecule has 2 heterocycles. The predicted octanol–water partition coefficient (Wildman–Crippen LogP) is 2.90. The lowest BCUT2D eigenvalue weighted by Crippen LogP contribution is -2.49. The zero-order chi connectivity index (χ0) is 17.8. The smallest absolute Gasteiger partial charge is 0.119 e. The maximum Gasteiger partial charge on any atom is 0.119 e. The van der Waals surface area contributed by atoms with Crippen molar-refractivity contribution in [1.82, 2.24) is 10.2 Å². The predicted molar refractivity (Wildman–Crippen MR) is 104 cm³/mol. The molecule has 1 aromatic carbocycles. The minimum Gasteiger partial charge on any atom is -0.493 e. The van der Waals surface area contributed by atoms with Crippen LogP contribution in [0.3, 0.4) is 0 Å². The molecule has 1 N–H and O–H groups in total. The molecule has 0 aromatic heterocycles. The molecule has 140 valence electrons. The highest BCUT2D eigenvalue weighted by Gasteiger charge is 2.29. The van der Waals surface area contributed by atoms with Gasteiger partial charge >= 0.3 is 0 Å². The van der Waals surface area contributed by atoms with Crippen molar-refractivity contribution in [2.24, 2.45) is 11.8 Å². The van der Waals surface area contributed by atoms with Gasteiger partial charge in [-0.15, -0.1) is 0 Å². The third-order valence-electron chi connectivity index (χ3n) is 5.37. The molecule has 0 radical (unpaired) electrons. The monoisotopic (exact) mass is 364 g/mol. The van der Waals surface area contributed by atoms with Gasteiger partial charge in [-0.1, -0.05) is 13.8 Å². The van der Waals surface area contributed by atoms with Crippen molar-refractivity contribution in [2.45, 2.75) is 49.8 Å². The van der Waals surface area contributed by atoms with Crippen LogP contribution in [0.2, 0.25) is 0 Å². The minimum absolute atomic E-state index is 0.267. The first-order valence-electron chi connectivity index (χ1n) is 9.61. The van der Waals surface area contributed by atoms with E-state index in [-0.39, 0.29) is 5.25 Å². The Bertz CT molecular complexity index is 572. The highest BCUT2D eigenvalue weighted by molar-refractivity contribution is 7.85. The number of rotatable bonds is 8. The summed E-state index contributed by atoms with van der Waals surface area (Å²) in [6, 6.07) is 8.50. The second kappa shape index (κ2) is 8.65. The molecule has 0 saturated carbocycles. The molecular weight excluding hydrogens is 332 g/mol. The minimum atomic E-state index is -0.896. The van der Waals surface area contributed by atoms with E-state index in [1.54, 1.807) is 0 Å². The third-order valence-corrected chi connectivity index (χ3v) is 7.05. The number of ether oxygens (including phenoxy) is 1. The van der Waals surface area contributed by atoms with Crippen molar-refractivity contribution in [2.75, 3.05) is 32.8 Å². The van der Waals surface area contributed by atoms with Crippen molar-refractivity contribution >= 4 is 10.8 Å². The molecule has 5 heteroatoms. The summed E-state index contributed by atoms with van der Waals surface area (Å²) in [7, 11) is -0.896. The number of benzene rings is 1. The second-order valence-electron chi connectivity index (χ2n) is 7.99. The molecule has 1 aromatic rings. The van der Waals surface area contributed by atoms with Crippen LogP contribution in [0.1, 0.15) is 33.6 Å². The van der Waals surface area contributed by atoms with Gasteiger partial charge in [-0.05, 0) is 56.5 Å². The molecule has 4 nitrogen and oxygen atoms in total. The van der Waals surface area contributed by atoms with E-state index in [0.717, 1.165) is 42.8 Å². The molecule has 0 amide bonds. The maximum absolute atomic E-state index is 12.3. The maximum atomic E-state index is 12.3. The SMILES string of the molecule is CC(C)CCN1CC(COc2ccc(S(=O)C3CNC3)cc2)CC1C. The fourth-order valence-electron chi connectivity index (χ4n) is 3.56. The molecule has 25 heavy (non-hydrogen) atoms. The van der Waals surface area contributed by atoms with E-state index in [0.29, 0.717) is 12.0 Å². The van der Waals surface area contributed by atoms with E-state index in [9.17, 15) is 4.21 Å². The van der Waals surface area contributed by atoms with Gasteiger partial charge in [-0.25, -0.2) is 0 Å². The van der Waals surface area contributed by atoms with Crippen LogP contribution in [0.15, 0.2) is 29.2 Å². The van der Waals surface area contributed by atoms with Crippen LogP contribution in [0.25, 0.3) is 0 Å². The van der Waals surface area contributed by atoms with Crippen molar-refractivity contribution in [3.8, 4) is 5.75 Å². The van der Waals surface area contributed by atoms with Gasteiger partial charge < -0.3 is 15.0 Å². The summed E-state index contributed by atoms with van der Waals surface area (Å²) in [6.07, 6.45) is 2.49. The molecule has 3 atom stereocenters. The Balaban J connectivity index is 1.45. The average molecular weight is 365 g/mol. The summed E-state index contributed by atoms with van der Waals surface area (Å²) in [4.78, 5) is 3.51. The van der Waals surface area contributed by atoms with Gasteiger partial charge in [0.2, 0.25) is 0 Å². The van der Waals surface area contributed by atoms with E-state index >= 15 is 0 Å². The fourth-order valence-corrected chi connectivity index (χ4v) is 4.89.